The van der Waals surface area contributed by atoms with Gasteiger partial charge in [0.15, 0.2) is 0 Å². The summed E-state index contributed by atoms with van der Waals surface area (Å²) in [6, 6.07) is 9.81. The lowest BCUT2D eigenvalue weighted by molar-refractivity contribution is -0.137. The fraction of sp³-hybridized carbons (Fsp3) is 0.304. The standard InChI is InChI=1S/C23H21F3N2O3/c1-14-6-7-18(15(2)12-14)19-20(27-8-10-31-11-9-27)22(30)28(21(19)29)17-5-3-4-16(13-17)23(24,25)26/h3-7,12-13H,8-11H2,1-2H3. The summed E-state index contributed by atoms with van der Waals surface area (Å²) in [5, 5.41) is 0. The van der Waals surface area contributed by atoms with E-state index in [0.29, 0.717) is 31.9 Å². The van der Waals surface area contributed by atoms with Gasteiger partial charge in [0.05, 0.1) is 30.0 Å². The largest absolute Gasteiger partial charge is 0.416 e. The average molecular weight is 430 g/mol. The predicted molar refractivity (Wildman–Crippen MR) is 109 cm³/mol. The number of anilines is 1. The van der Waals surface area contributed by atoms with Crippen LogP contribution in [0.4, 0.5) is 18.9 Å². The van der Waals surface area contributed by atoms with Crippen LogP contribution in [-0.2, 0) is 20.5 Å². The van der Waals surface area contributed by atoms with E-state index in [1.54, 1.807) is 11.0 Å². The van der Waals surface area contributed by atoms with Crippen molar-refractivity contribution in [1.82, 2.24) is 4.90 Å². The smallest absolute Gasteiger partial charge is 0.378 e. The van der Waals surface area contributed by atoms with E-state index in [2.05, 4.69) is 0 Å². The zero-order valence-electron chi connectivity index (χ0n) is 17.1. The van der Waals surface area contributed by atoms with Gasteiger partial charge in [-0.3, -0.25) is 9.59 Å². The SMILES string of the molecule is Cc1ccc(C2=C(N3CCOCC3)C(=O)N(c3cccc(C(F)(F)F)c3)C2=O)c(C)c1. The normalized spacial score (nSPS) is 17.7. The minimum Gasteiger partial charge on any atom is -0.378 e. The second kappa shape index (κ2) is 7.85. The molecule has 2 aromatic rings. The second-order valence-corrected chi connectivity index (χ2v) is 7.64. The molecular formula is C23H21F3N2O3. The van der Waals surface area contributed by atoms with Gasteiger partial charge in [-0.15, -0.1) is 0 Å². The lowest BCUT2D eigenvalue weighted by Gasteiger charge is -2.29. The van der Waals surface area contributed by atoms with Crippen LogP contribution in [0.25, 0.3) is 5.57 Å². The molecule has 0 N–H and O–H groups in total. The zero-order valence-corrected chi connectivity index (χ0v) is 17.1. The number of carbonyl (C=O) groups is 2. The number of morpholine rings is 1. The van der Waals surface area contributed by atoms with Gasteiger partial charge < -0.3 is 9.64 Å². The first-order valence-corrected chi connectivity index (χ1v) is 9.89. The van der Waals surface area contributed by atoms with Crippen LogP contribution in [0.5, 0.6) is 0 Å². The van der Waals surface area contributed by atoms with Crippen LogP contribution in [0, 0.1) is 13.8 Å². The highest BCUT2D eigenvalue weighted by Gasteiger charge is 2.43. The fourth-order valence-electron chi connectivity index (χ4n) is 3.99. The van der Waals surface area contributed by atoms with Crippen molar-refractivity contribution >= 4 is 23.1 Å². The quantitative estimate of drug-likeness (QED) is 0.693. The van der Waals surface area contributed by atoms with Gasteiger partial charge in [0.1, 0.15) is 5.70 Å². The molecule has 4 rings (SSSR count). The molecule has 8 heteroatoms. The van der Waals surface area contributed by atoms with Crippen molar-refractivity contribution in [3.05, 3.63) is 70.4 Å². The molecule has 0 radical (unpaired) electrons. The van der Waals surface area contributed by atoms with Gasteiger partial charge >= 0.3 is 6.18 Å². The first-order chi connectivity index (χ1) is 14.7. The molecule has 0 bridgehead atoms. The van der Waals surface area contributed by atoms with Gasteiger partial charge in [0, 0.05) is 13.1 Å². The molecule has 0 aliphatic carbocycles. The van der Waals surface area contributed by atoms with Crippen molar-refractivity contribution in [3.8, 4) is 0 Å². The minimum atomic E-state index is -4.58. The van der Waals surface area contributed by atoms with Crippen LogP contribution < -0.4 is 4.90 Å². The molecule has 0 saturated carbocycles. The molecule has 2 aliphatic rings. The molecule has 2 heterocycles. The Morgan fingerprint density at radius 3 is 2.29 bits per heavy atom. The van der Waals surface area contributed by atoms with E-state index < -0.39 is 23.6 Å². The van der Waals surface area contributed by atoms with E-state index in [4.69, 9.17) is 4.74 Å². The van der Waals surface area contributed by atoms with E-state index in [9.17, 15) is 22.8 Å². The third-order valence-electron chi connectivity index (χ3n) is 5.47. The number of ether oxygens (including phenoxy) is 1. The molecule has 162 valence electrons. The number of aryl methyl sites for hydroxylation is 2. The molecule has 0 aromatic heterocycles. The first kappa shape index (κ1) is 21.1. The number of imide groups is 1. The Labute approximate surface area is 177 Å². The van der Waals surface area contributed by atoms with Crippen LogP contribution in [-0.4, -0.2) is 43.0 Å². The molecule has 0 unspecified atom stereocenters. The van der Waals surface area contributed by atoms with Crippen LogP contribution in [0.15, 0.2) is 48.2 Å². The van der Waals surface area contributed by atoms with Crippen molar-refractivity contribution in [3.63, 3.8) is 0 Å². The maximum absolute atomic E-state index is 13.5. The predicted octanol–water partition coefficient (Wildman–Crippen LogP) is 3.94. The number of carbonyl (C=O) groups excluding carboxylic acids is 2. The highest BCUT2D eigenvalue weighted by Crippen LogP contribution is 2.38. The first-order valence-electron chi connectivity index (χ1n) is 9.89. The Bertz CT molecular complexity index is 1090. The Morgan fingerprint density at radius 2 is 1.65 bits per heavy atom. The summed E-state index contributed by atoms with van der Waals surface area (Å²) >= 11 is 0. The topological polar surface area (TPSA) is 49.9 Å². The van der Waals surface area contributed by atoms with Gasteiger partial charge in [-0.25, -0.2) is 4.90 Å². The maximum atomic E-state index is 13.5. The summed E-state index contributed by atoms with van der Waals surface area (Å²) < 4.78 is 45.1. The fourth-order valence-corrected chi connectivity index (χ4v) is 3.99. The summed E-state index contributed by atoms with van der Waals surface area (Å²) in [6.07, 6.45) is -4.58. The van der Waals surface area contributed by atoms with Crippen molar-refractivity contribution in [1.29, 1.82) is 0 Å². The van der Waals surface area contributed by atoms with Crippen molar-refractivity contribution in [2.75, 3.05) is 31.2 Å². The molecule has 2 aromatic carbocycles. The lowest BCUT2D eigenvalue weighted by atomic mass is 9.97. The molecule has 1 fully saturated rings. The van der Waals surface area contributed by atoms with Gasteiger partial charge in [-0.1, -0.05) is 29.8 Å². The van der Waals surface area contributed by atoms with E-state index in [1.807, 2.05) is 26.0 Å². The summed E-state index contributed by atoms with van der Waals surface area (Å²) in [5.41, 5.74) is 1.81. The number of alkyl halides is 3. The number of hydrogen-bond donors (Lipinski definition) is 0. The number of nitrogens with zero attached hydrogens (tertiary/aromatic N) is 2. The van der Waals surface area contributed by atoms with Crippen LogP contribution >= 0.6 is 0 Å². The van der Waals surface area contributed by atoms with E-state index in [-0.39, 0.29) is 17.0 Å². The van der Waals surface area contributed by atoms with Crippen LogP contribution in [0.3, 0.4) is 0 Å². The van der Waals surface area contributed by atoms with Crippen molar-refractivity contribution < 1.29 is 27.5 Å². The zero-order chi connectivity index (χ0) is 22.3. The van der Waals surface area contributed by atoms with Crippen LogP contribution in [0.2, 0.25) is 0 Å². The highest BCUT2D eigenvalue weighted by atomic mass is 19.4. The van der Waals surface area contributed by atoms with E-state index in [1.165, 1.54) is 12.1 Å². The molecule has 2 aliphatic heterocycles. The van der Waals surface area contributed by atoms with Crippen molar-refractivity contribution in [2.45, 2.75) is 20.0 Å². The third kappa shape index (κ3) is 3.83. The van der Waals surface area contributed by atoms with Crippen LogP contribution in [0.1, 0.15) is 22.3 Å². The molecule has 1 saturated heterocycles. The second-order valence-electron chi connectivity index (χ2n) is 7.64. The molecule has 0 atom stereocenters. The average Bonchev–Trinajstić information content (AvgIpc) is 2.98. The van der Waals surface area contributed by atoms with Crippen molar-refractivity contribution in [2.24, 2.45) is 0 Å². The summed E-state index contributed by atoms with van der Waals surface area (Å²) in [7, 11) is 0. The number of amides is 2. The summed E-state index contributed by atoms with van der Waals surface area (Å²) in [4.78, 5) is 29.5. The maximum Gasteiger partial charge on any atom is 0.416 e. The Hall–Kier alpha value is -3.13. The Kier molecular flexibility index (Phi) is 5.35. The molecule has 0 spiro atoms. The number of benzene rings is 2. The monoisotopic (exact) mass is 430 g/mol. The Morgan fingerprint density at radius 1 is 0.935 bits per heavy atom. The highest BCUT2D eigenvalue weighted by molar-refractivity contribution is 6.45. The van der Waals surface area contributed by atoms with Gasteiger partial charge in [-0.05, 0) is 43.2 Å². The number of halogens is 3. The third-order valence-corrected chi connectivity index (χ3v) is 5.47. The minimum absolute atomic E-state index is 0.102. The number of hydrogen-bond acceptors (Lipinski definition) is 4. The van der Waals surface area contributed by atoms with E-state index in [0.717, 1.165) is 28.2 Å². The van der Waals surface area contributed by atoms with Gasteiger partial charge in [0.2, 0.25) is 0 Å². The lowest BCUT2D eigenvalue weighted by Crippen LogP contribution is -2.40. The van der Waals surface area contributed by atoms with E-state index >= 15 is 0 Å². The molecule has 2 amide bonds. The summed E-state index contributed by atoms with van der Waals surface area (Å²) in [5.74, 6) is -1.25. The molecule has 31 heavy (non-hydrogen) atoms. The summed E-state index contributed by atoms with van der Waals surface area (Å²) in [6.45, 7) is 5.39. The number of rotatable bonds is 3. The molecule has 5 nitrogen and oxygen atoms in total. The van der Waals surface area contributed by atoms with Gasteiger partial charge in [-0.2, -0.15) is 13.2 Å². The Balaban J connectivity index is 1.85. The molecular weight excluding hydrogens is 409 g/mol. The van der Waals surface area contributed by atoms with Gasteiger partial charge in [0.25, 0.3) is 11.8 Å².